The highest BCUT2D eigenvalue weighted by molar-refractivity contribution is 6.20. The number of rotatable bonds is 4. The van der Waals surface area contributed by atoms with Gasteiger partial charge in [0.25, 0.3) is 0 Å². The normalized spacial score (nSPS) is 13.2. The third-order valence-corrected chi connectivity index (χ3v) is 2.82. The zero-order valence-corrected chi connectivity index (χ0v) is 11.8. The Kier molecular flexibility index (Phi) is 3.71. The molecule has 0 aliphatic carbocycles. The maximum atomic E-state index is 6.19. The molecule has 1 atom stereocenters. The van der Waals surface area contributed by atoms with Gasteiger partial charge < -0.3 is 9.30 Å². The number of nitrogens with zero attached hydrogens (tertiary/aromatic N) is 4. The molecule has 2 aromatic heterocycles. The van der Waals surface area contributed by atoms with E-state index in [0.717, 1.165) is 18.0 Å². The van der Waals surface area contributed by atoms with E-state index >= 15 is 0 Å². The predicted molar refractivity (Wildman–Crippen MR) is 71.0 cm³/mol. The summed E-state index contributed by atoms with van der Waals surface area (Å²) in [6.07, 6.45) is 1.49. The van der Waals surface area contributed by atoms with Crippen molar-refractivity contribution in [3.63, 3.8) is 0 Å². The number of hydrogen-bond acceptors (Lipinski definition) is 4. The van der Waals surface area contributed by atoms with Crippen LogP contribution in [0.1, 0.15) is 32.0 Å². The van der Waals surface area contributed by atoms with Crippen molar-refractivity contribution in [2.75, 3.05) is 7.11 Å². The molecule has 2 heterocycles. The number of methoxy groups -OCH3 is 1. The fourth-order valence-electron chi connectivity index (χ4n) is 1.93. The molecule has 0 spiro atoms. The molecule has 6 heteroatoms. The molecule has 98 valence electrons. The molecule has 0 aliphatic heterocycles. The predicted octanol–water partition coefficient (Wildman–Crippen LogP) is 2.79. The summed E-state index contributed by atoms with van der Waals surface area (Å²) in [5, 5.41) is -0.178. The Morgan fingerprint density at radius 3 is 2.61 bits per heavy atom. The Balaban J connectivity index is 2.67. The highest BCUT2D eigenvalue weighted by Crippen LogP contribution is 2.27. The van der Waals surface area contributed by atoms with Crippen LogP contribution in [0.5, 0.6) is 5.88 Å². The minimum atomic E-state index is -0.178. The molecular weight excluding hydrogens is 252 g/mol. The van der Waals surface area contributed by atoms with Gasteiger partial charge in [-0.15, -0.1) is 11.6 Å². The quantitative estimate of drug-likeness (QED) is 0.800. The Morgan fingerprint density at radius 2 is 2.06 bits per heavy atom. The molecule has 0 aromatic carbocycles. The van der Waals surface area contributed by atoms with Crippen LogP contribution in [-0.4, -0.2) is 26.6 Å². The highest BCUT2D eigenvalue weighted by atomic mass is 35.5. The lowest BCUT2D eigenvalue weighted by Gasteiger charge is -2.11. The number of fused-ring (bicyclic) bond motifs is 1. The summed E-state index contributed by atoms with van der Waals surface area (Å²) in [5.41, 5.74) is 1.45. The summed E-state index contributed by atoms with van der Waals surface area (Å²) in [5.74, 6) is 1.78. The molecule has 0 radical (unpaired) electrons. The highest BCUT2D eigenvalue weighted by Gasteiger charge is 2.19. The smallest absolute Gasteiger partial charge is 0.245 e. The van der Waals surface area contributed by atoms with Gasteiger partial charge >= 0.3 is 0 Å². The van der Waals surface area contributed by atoms with Crippen molar-refractivity contribution in [3.8, 4) is 5.88 Å². The number of imidazole rings is 1. The minimum absolute atomic E-state index is 0.178. The number of halogens is 1. The molecule has 0 N–H and O–H groups in total. The second kappa shape index (κ2) is 5.10. The van der Waals surface area contributed by atoms with Crippen molar-refractivity contribution in [3.05, 3.63) is 12.2 Å². The first-order chi connectivity index (χ1) is 8.54. The monoisotopic (exact) mass is 268 g/mol. The largest absolute Gasteiger partial charge is 0.479 e. The van der Waals surface area contributed by atoms with Crippen LogP contribution in [0.2, 0.25) is 0 Å². The molecule has 2 aromatic rings. The van der Waals surface area contributed by atoms with Gasteiger partial charge in [-0.2, -0.15) is 4.98 Å². The first kappa shape index (κ1) is 13.1. The van der Waals surface area contributed by atoms with Crippen LogP contribution in [0.15, 0.2) is 6.33 Å². The molecule has 18 heavy (non-hydrogen) atoms. The maximum Gasteiger partial charge on any atom is 0.245 e. The minimum Gasteiger partial charge on any atom is -0.479 e. The molecule has 5 nitrogen and oxygen atoms in total. The van der Waals surface area contributed by atoms with E-state index in [0.29, 0.717) is 17.3 Å². The second-order valence-corrected chi connectivity index (χ2v) is 5.30. The van der Waals surface area contributed by atoms with Gasteiger partial charge in [-0.1, -0.05) is 13.8 Å². The Bertz CT molecular complexity index is 550. The second-order valence-electron chi connectivity index (χ2n) is 4.65. The maximum absolute atomic E-state index is 6.19. The van der Waals surface area contributed by atoms with Crippen molar-refractivity contribution in [1.82, 2.24) is 19.5 Å². The standard InChI is InChI=1S/C12H17ClN4O/c1-7(2)5-17-10(8(3)13)16-9-11(17)14-6-15-12(9)18-4/h6-8H,5H2,1-4H3. The number of aromatic nitrogens is 4. The van der Waals surface area contributed by atoms with E-state index in [1.54, 1.807) is 7.11 Å². The third kappa shape index (κ3) is 2.27. The van der Waals surface area contributed by atoms with Crippen molar-refractivity contribution < 1.29 is 4.74 Å². The van der Waals surface area contributed by atoms with Crippen molar-refractivity contribution in [2.45, 2.75) is 32.7 Å². The first-order valence-electron chi connectivity index (χ1n) is 5.93. The molecule has 0 fully saturated rings. The summed E-state index contributed by atoms with van der Waals surface area (Å²) >= 11 is 6.19. The molecule has 0 aliphatic rings. The Morgan fingerprint density at radius 1 is 1.33 bits per heavy atom. The lowest BCUT2D eigenvalue weighted by atomic mass is 10.2. The Labute approximate surface area is 111 Å². The van der Waals surface area contributed by atoms with Crippen molar-refractivity contribution in [1.29, 1.82) is 0 Å². The van der Waals surface area contributed by atoms with Gasteiger partial charge in [0.1, 0.15) is 12.2 Å². The topological polar surface area (TPSA) is 52.8 Å². The van der Waals surface area contributed by atoms with Gasteiger partial charge in [-0.05, 0) is 12.8 Å². The van der Waals surface area contributed by atoms with Gasteiger partial charge in [-0.3, -0.25) is 0 Å². The summed E-state index contributed by atoms with van der Waals surface area (Å²) in [4.78, 5) is 12.9. The van der Waals surface area contributed by atoms with Gasteiger partial charge in [0, 0.05) is 6.54 Å². The average Bonchev–Trinajstić information content (AvgIpc) is 2.67. The van der Waals surface area contributed by atoms with Gasteiger partial charge in [-0.25, -0.2) is 9.97 Å². The van der Waals surface area contributed by atoms with Crippen molar-refractivity contribution in [2.24, 2.45) is 5.92 Å². The number of ether oxygens (including phenoxy) is 1. The number of alkyl halides is 1. The molecule has 2 rings (SSSR count). The zero-order chi connectivity index (χ0) is 13.3. The van der Waals surface area contributed by atoms with Crippen LogP contribution >= 0.6 is 11.6 Å². The molecule has 0 amide bonds. The van der Waals surface area contributed by atoms with Gasteiger partial charge in [0.05, 0.1) is 12.5 Å². The first-order valence-corrected chi connectivity index (χ1v) is 6.37. The van der Waals surface area contributed by atoms with E-state index in [-0.39, 0.29) is 5.38 Å². The third-order valence-electron chi connectivity index (χ3n) is 2.62. The van der Waals surface area contributed by atoms with E-state index in [9.17, 15) is 0 Å². The molecule has 1 unspecified atom stereocenters. The zero-order valence-electron chi connectivity index (χ0n) is 11.0. The summed E-state index contributed by atoms with van der Waals surface area (Å²) < 4.78 is 7.25. The van der Waals surface area contributed by atoms with Crippen LogP contribution in [0.4, 0.5) is 0 Å². The van der Waals surface area contributed by atoms with E-state index in [2.05, 4.69) is 28.8 Å². The molecule has 0 saturated carbocycles. The lowest BCUT2D eigenvalue weighted by Crippen LogP contribution is -2.09. The van der Waals surface area contributed by atoms with Gasteiger partial charge in [0.15, 0.2) is 11.2 Å². The van der Waals surface area contributed by atoms with Crippen molar-refractivity contribution >= 4 is 22.8 Å². The summed E-state index contributed by atoms with van der Waals surface area (Å²) in [6.45, 7) is 7.02. The average molecular weight is 269 g/mol. The summed E-state index contributed by atoms with van der Waals surface area (Å²) in [7, 11) is 1.58. The Hall–Kier alpha value is -1.36. The lowest BCUT2D eigenvalue weighted by molar-refractivity contribution is 0.401. The number of hydrogen-bond donors (Lipinski definition) is 0. The van der Waals surface area contributed by atoms with Crippen LogP contribution in [0, 0.1) is 5.92 Å². The van der Waals surface area contributed by atoms with E-state index < -0.39 is 0 Å². The van der Waals surface area contributed by atoms with E-state index in [4.69, 9.17) is 16.3 Å². The fraction of sp³-hybridized carbons (Fsp3) is 0.583. The summed E-state index contributed by atoms with van der Waals surface area (Å²) in [6, 6.07) is 0. The molecular formula is C12H17ClN4O. The molecule has 0 bridgehead atoms. The van der Waals surface area contributed by atoms with Crippen LogP contribution in [-0.2, 0) is 6.54 Å². The molecule has 0 saturated heterocycles. The van der Waals surface area contributed by atoms with Crippen LogP contribution < -0.4 is 4.74 Å². The van der Waals surface area contributed by atoms with E-state index in [1.807, 2.05) is 11.5 Å². The van der Waals surface area contributed by atoms with Crippen LogP contribution in [0.3, 0.4) is 0 Å². The van der Waals surface area contributed by atoms with E-state index in [1.165, 1.54) is 6.33 Å². The SMILES string of the molecule is COc1ncnc2c1nc(C(C)Cl)n2CC(C)C. The van der Waals surface area contributed by atoms with Crippen LogP contribution in [0.25, 0.3) is 11.2 Å². The van der Waals surface area contributed by atoms with Gasteiger partial charge in [0.2, 0.25) is 5.88 Å². The fourth-order valence-corrected chi connectivity index (χ4v) is 2.10.